The Hall–Kier alpha value is -0.360. The molecule has 0 radical (unpaired) electrons. The maximum Gasteiger partial charge on any atom is 0.133 e. The van der Waals surface area contributed by atoms with Crippen molar-refractivity contribution in [3.63, 3.8) is 0 Å². The maximum absolute atomic E-state index is 6.30. The summed E-state index contributed by atoms with van der Waals surface area (Å²) in [6.45, 7) is 0. The fraction of sp³-hybridized carbons (Fsp3) is 0.200. The summed E-state index contributed by atoms with van der Waals surface area (Å²) in [6.07, 6.45) is 0.769. The molecule has 1 unspecified atom stereocenters. The highest BCUT2D eigenvalue weighted by Crippen LogP contribution is 2.29. The fourth-order valence-electron chi connectivity index (χ4n) is 2.00. The van der Waals surface area contributed by atoms with Crippen LogP contribution in [-0.4, -0.2) is 7.11 Å². The van der Waals surface area contributed by atoms with Gasteiger partial charge in [0.05, 0.1) is 11.6 Å². The molecular weight excluding hydrogens is 450 g/mol. The van der Waals surface area contributed by atoms with Crippen molar-refractivity contribution in [3.8, 4) is 5.75 Å². The van der Waals surface area contributed by atoms with Gasteiger partial charge in [0, 0.05) is 15.0 Å². The first-order valence-corrected chi connectivity index (χ1v) is 8.41. The Morgan fingerprint density at radius 1 is 1.05 bits per heavy atom. The summed E-state index contributed by atoms with van der Waals surface area (Å²) in [7, 11) is 1.66. The molecular formula is C15H14Br3NO. The number of methoxy groups -OCH3 is 1. The van der Waals surface area contributed by atoms with Crippen molar-refractivity contribution >= 4 is 47.8 Å². The molecule has 0 aliphatic heterocycles. The third kappa shape index (κ3) is 4.07. The van der Waals surface area contributed by atoms with Gasteiger partial charge in [0.2, 0.25) is 0 Å². The Balaban J connectivity index is 2.18. The maximum atomic E-state index is 6.30. The first-order valence-electron chi connectivity index (χ1n) is 6.03. The lowest BCUT2D eigenvalue weighted by Crippen LogP contribution is -2.13. The Bertz CT molecular complexity index is 596. The molecule has 2 rings (SSSR count). The minimum Gasteiger partial charge on any atom is -0.496 e. The van der Waals surface area contributed by atoms with Crippen LogP contribution >= 0.6 is 47.8 Å². The SMILES string of the molecule is COc1ccc(CC(N)c2cc(Br)cc(Br)c2)cc1Br. The Kier molecular flexibility index (Phi) is 5.66. The minimum atomic E-state index is -0.0518. The zero-order valence-corrected chi connectivity index (χ0v) is 15.6. The second-order valence-corrected chi connectivity index (χ2v) is 7.17. The van der Waals surface area contributed by atoms with Crippen molar-refractivity contribution in [3.05, 3.63) is 60.9 Å². The third-order valence-electron chi connectivity index (χ3n) is 2.98. The second-order valence-electron chi connectivity index (χ2n) is 4.48. The summed E-state index contributed by atoms with van der Waals surface area (Å²) in [4.78, 5) is 0. The van der Waals surface area contributed by atoms with Crippen LogP contribution in [0.4, 0.5) is 0 Å². The van der Waals surface area contributed by atoms with Crippen molar-refractivity contribution in [1.82, 2.24) is 0 Å². The molecule has 1 atom stereocenters. The van der Waals surface area contributed by atoms with Crippen molar-refractivity contribution in [2.24, 2.45) is 5.73 Å². The van der Waals surface area contributed by atoms with E-state index in [0.29, 0.717) is 0 Å². The van der Waals surface area contributed by atoms with Gasteiger partial charge in [-0.3, -0.25) is 0 Å². The van der Waals surface area contributed by atoms with E-state index >= 15 is 0 Å². The van der Waals surface area contributed by atoms with Gasteiger partial charge in [0.25, 0.3) is 0 Å². The van der Waals surface area contributed by atoms with Crippen LogP contribution in [0.5, 0.6) is 5.75 Å². The van der Waals surface area contributed by atoms with E-state index in [1.165, 1.54) is 5.56 Å². The Morgan fingerprint density at radius 2 is 1.70 bits per heavy atom. The van der Waals surface area contributed by atoms with E-state index < -0.39 is 0 Å². The largest absolute Gasteiger partial charge is 0.496 e. The van der Waals surface area contributed by atoms with Crippen LogP contribution in [0.25, 0.3) is 0 Å². The van der Waals surface area contributed by atoms with Gasteiger partial charge in [-0.05, 0) is 63.8 Å². The standard InChI is InChI=1S/C15H14Br3NO/c1-20-15-3-2-9(4-13(15)18)5-14(19)10-6-11(16)8-12(17)7-10/h2-4,6-8,14H,5,19H2,1H3. The lowest BCUT2D eigenvalue weighted by molar-refractivity contribution is 0.412. The third-order valence-corrected chi connectivity index (χ3v) is 4.52. The van der Waals surface area contributed by atoms with Crippen molar-refractivity contribution in [1.29, 1.82) is 0 Å². The van der Waals surface area contributed by atoms with Gasteiger partial charge in [0.1, 0.15) is 5.75 Å². The van der Waals surface area contributed by atoms with Crippen LogP contribution in [0.15, 0.2) is 49.8 Å². The molecule has 20 heavy (non-hydrogen) atoms. The van der Waals surface area contributed by atoms with E-state index in [-0.39, 0.29) is 6.04 Å². The van der Waals surface area contributed by atoms with Gasteiger partial charge in [-0.2, -0.15) is 0 Å². The van der Waals surface area contributed by atoms with Gasteiger partial charge in [-0.15, -0.1) is 0 Å². The monoisotopic (exact) mass is 461 g/mol. The van der Waals surface area contributed by atoms with E-state index in [2.05, 4.69) is 47.8 Å². The van der Waals surface area contributed by atoms with E-state index in [1.807, 2.05) is 36.4 Å². The van der Waals surface area contributed by atoms with Crippen LogP contribution in [0, 0.1) is 0 Å². The predicted molar refractivity (Wildman–Crippen MR) is 93.2 cm³/mol. The molecule has 0 aliphatic rings. The topological polar surface area (TPSA) is 35.2 Å². The van der Waals surface area contributed by atoms with E-state index in [4.69, 9.17) is 10.5 Å². The highest BCUT2D eigenvalue weighted by atomic mass is 79.9. The summed E-state index contributed by atoms with van der Waals surface area (Å²) in [6, 6.07) is 12.1. The quantitative estimate of drug-likeness (QED) is 0.674. The molecule has 106 valence electrons. The molecule has 0 bridgehead atoms. The number of hydrogen-bond acceptors (Lipinski definition) is 2. The molecule has 2 nitrogen and oxygen atoms in total. The molecule has 0 heterocycles. The molecule has 0 amide bonds. The number of hydrogen-bond donors (Lipinski definition) is 1. The van der Waals surface area contributed by atoms with E-state index in [0.717, 1.165) is 31.2 Å². The first-order chi connectivity index (χ1) is 9.49. The van der Waals surface area contributed by atoms with Gasteiger partial charge in [-0.1, -0.05) is 37.9 Å². The highest BCUT2D eigenvalue weighted by molar-refractivity contribution is 9.11. The van der Waals surface area contributed by atoms with Gasteiger partial charge >= 0.3 is 0 Å². The average molecular weight is 464 g/mol. The Morgan fingerprint density at radius 3 is 2.25 bits per heavy atom. The van der Waals surface area contributed by atoms with Gasteiger partial charge < -0.3 is 10.5 Å². The van der Waals surface area contributed by atoms with Crippen molar-refractivity contribution in [2.45, 2.75) is 12.5 Å². The normalized spacial score (nSPS) is 12.2. The molecule has 0 aromatic heterocycles. The summed E-state index contributed by atoms with van der Waals surface area (Å²) in [5, 5.41) is 0. The molecule has 2 N–H and O–H groups in total. The van der Waals surface area contributed by atoms with E-state index in [1.54, 1.807) is 7.11 Å². The number of nitrogens with two attached hydrogens (primary N) is 1. The lowest BCUT2D eigenvalue weighted by Gasteiger charge is -2.14. The molecule has 0 saturated carbocycles. The minimum absolute atomic E-state index is 0.0518. The highest BCUT2D eigenvalue weighted by Gasteiger charge is 2.10. The molecule has 0 saturated heterocycles. The van der Waals surface area contributed by atoms with Crippen molar-refractivity contribution in [2.75, 3.05) is 7.11 Å². The summed E-state index contributed by atoms with van der Waals surface area (Å²) in [5.74, 6) is 0.826. The number of rotatable bonds is 4. The number of benzene rings is 2. The predicted octanol–water partition coefficient (Wildman–Crippen LogP) is 5.23. The number of ether oxygens (including phenoxy) is 1. The molecule has 0 fully saturated rings. The summed E-state index contributed by atoms with van der Waals surface area (Å²) < 4.78 is 8.22. The van der Waals surface area contributed by atoms with Gasteiger partial charge in [-0.25, -0.2) is 0 Å². The van der Waals surface area contributed by atoms with Crippen molar-refractivity contribution < 1.29 is 4.74 Å². The first kappa shape index (κ1) is 16.0. The molecule has 2 aromatic rings. The number of halogens is 3. The summed E-state index contributed by atoms with van der Waals surface area (Å²) >= 11 is 10.5. The summed E-state index contributed by atoms with van der Waals surface area (Å²) in [5.41, 5.74) is 8.56. The van der Waals surface area contributed by atoms with E-state index in [9.17, 15) is 0 Å². The average Bonchev–Trinajstić information content (AvgIpc) is 2.37. The second kappa shape index (κ2) is 7.07. The smallest absolute Gasteiger partial charge is 0.133 e. The van der Waals surface area contributed by atoms with Gasteiger partial charge in [0.15, 0.2) is 0 Å². The van der Waals surface area contributed by atoms with Crippen LogP contribution in [0.1, 0.15) is 17.2 Å². The lowest BCUT2D eigenvalue weighted by atomic mass is 10.00. The zero-order valence-electron chi connectivity index (χ0n) is 10.9. The zero-order chi connectivity index (χ0) is 14.7. The molecule has 0 aliphatic carbocycles. The molecule has 2 aromatic carbocycles. The van der Waals surface area contributed by atoms with Crippen LogP contribution < -0.4 is 10.5 Å². The molecule has 5 heteroatoms. The fourth-order valence-corrected chi connectivity index (χ4v) is 3.92. The van der Waals surface area contributed by atoms with Crippen LogP contribution in [0.2, 0.25) is 0 Å². The Labute approximate surface area is 144 Å². The van der Waals surface area contributed by atoms with Crippen LogP contribution in [-0.2, 0) is 6.42 Å². The molecule has 0 spiro atoms. The van der Waals surface area contributed by atoms with Crippen LogP contribution in [0.3, 0.4) is 0 Å².